The molecule has 0 N–H and O–H groups in total. The van der Waals surface area contributed by atoms with Gasteiger partial charge >= 0.3 is 6.09 Å². The van der Waals surface area contributed by atoms with Crippen molar-refractivity contribution in [3.8, 4) is 0 Å². The molecule has 0 radical (unpaired) electrons. The van der Waals surface area contributed by atoms with Crippen LogP contribution in [-0.4, -0.2) is 58.2 Å². The number of nitrogens with zero attached hydrogens (tertiary/aromatic N) is 2. The van der Waals surface area contributed by atoms with Crippen molar-refractivity contribution in [1.82, 2.24) is 9.80 Å². The van der Waals surface area contributed by atoms with Crippen LogP contribution in [-0.2, 0) is 9.47 Å². The number of allylic oxidation sites excluding steroid dienone is 1. The number of carbonyl (C=O) groups is 3. The van der Waals surface area contributed by atoms with Gasteiger partial charge in [0.05, 0.1) is 29.6 Å². The number of hydrogen-bond acceptors (Lipinski definition) is 5. The van der Waals surface area contributed by atoms with E-state index in [0.29, 0.717) is 11.1 Å². The average Bonchev–Trinajstić information content (AvgIpc) is 3.08. The molecule has 0 saturated carbocycles. The van der Waals surface area contributed by atoms with Gasteiger partial charge in [-0.25, -0.2) is 9.18 Å². The molecule has 8 heteroatoms. The van der Waals surface area contributed by atoms with Crippen molar-refractivity contribution in [2.24, 2.45) is 0 Å². The zero-order valence-electron chi connectivity index (χ0n) is 18.6. The minimum atomic E-state index is -0.927. The largest absolute Gasteiger partial charge is 0.444 e. The van der Waals surface area contributed by atoms with E-state index in [2.05, 4.69) is 0 Å². The minimum Gasteiger partial charge on any atom is -0.444 e. The van der Waals surface area contributed by atoms with Crippen molar-refractivity contribution >= 4 is 17.9 Å². The third-order valence-corrected chi connectivity index (χ3v) is 5.16. The highest BCUT2D eigenvalue weighted by atomic mass is 19.1. The first kappa shape index (κ1) is 22.9. The van der Waals surface area contributed by atoms with Crippen LogP contribution in [0.1, 0.15) is 68.2 Å². The second kappa shape index (κ2) is 8.42. The zero-order valence-corrected chi connectivity index (χ0v) is 18.6. The molecule has 7 nitrogen and oxygen atoms in total. The highest BCUT2D eigenvalue weighted by Crippen LogP contribution is 2.31. The Hall–Kier alpha value is -2.74. The monoisotopic (exact) mass is 432 g/mol. The van der Waals surface area contributed by atoms with Gasteiger partial charge in [0.15, 0.2) is 0 Å². The first-order valence-electron chi connectivity index (χ1n) is 10.4. The highest BCUT2D eigenvalue weighted by molar-refractivity contribution is 6.21. The number of benzene rings is 1. The van der Waals surface area contributed by atoms with Crippen LogP contribution in [0.3, 0.4) is 0 Å². The molecule has 31 heavy (non-hydrogen) atoms. The summed E-state index contributed by atoms with van der Waals surface area (Å²) in [6.07, 6.45) is 1.08. The van der Waals surface area contributed by atoms with Gasteiger partial charge in [0, 0.05) is 13.0 Å². The van der Waals surface area contributed by atoms with Crippen molar-refractivity contribution in [2.75, 3.05) is 13.2 Å². The molecule has 1 aromatic rings. The van der Waals surface area contributed by atoms with E-state index >= 15 is 0 Å². The van der Waals surface area contributed by atoms with Gasteiger partial charge in [-0.1, -0.05) is 12.1 Å². The Balaban J connectivity index is 1.61. The summed E-state index contributed by atoms with van der Waals surface area (Å²) >= 11 is 0. The first-order chi connectivity index (χ1) is 14.4. The van der Waals surface area contributed by atoms with Gasteiger partial charge < -0.3 is 9.47 Å². The predicted molar refractivity (Wildman–Crippen MR) is 112 cm³/mol. The summed E-state index contributed by atoms with van der Waals surface area (Å²) in [6.45, 7) is 9.02. The Morgan fingerprint density at radius 2 is 1.81 bits per heavy atom. The van der Waals surface area contributed by atoms with E-state index < -0.39 is 29.3 Å². The van der Waals surface area contributed by atoms with Crippen LogP contribution in [0.15, 0.2) is 36.2 Å². The van der Waals surface area contributed by atoms with E-state index in [1.54, 1.807) is 58.9 Å². The Labute approximate surface area is 181 Å². The van der Waals surface area contributed by atoms with Gasteiger partial charge in [-0.2, -0.15) is 0 Å². The smallest absolute Gasteiger partial charge is 0.413 e. The summed E-state index contributed by atoms with van der Waals surface area (Å²) in [6, 6.07) is 6.03. The second-order valence-electron chi connectivity index (χ2n) is 9.20. The molecule has 2 aliphatic heterocycles. The van der Waals surface area contributed by atoms with Crippen LogP contribution >= 0.6 is 0 Å². The first-order valence-corrected chi connectivity index (χ1v) is 10.4. The molecule has 1 aromatic carbocycles. The maximum absolute atomic E-state index is 14.7. The van der Waals surface area contributed by atoms with Gasteiger partial charge in [0.1, 0.15) is 11.3 Å². The lowest BCUT2D eigenvalue weighted by atomic mass is 10.1. The Kier molecular flexibility index (Phi) is 6.23. The fourth-order valence-corrected chi connectivity index (χ4v) is 3.76. The maximum atomic E-state index is 14.7. The van der Waals surface area contributed by atoms with Gasteiger partial charge in [0.2, 0.25) is 0 Å². The van der Waals surface area contributed by atoms with Gasteiger partial charge in [-0.05, 0) is 59.2 Å². The molecule has 0 spiro atoms. The summed E-state index contributed by atoms with van der Waals surface area (Å²) < 4.78 is 25.8. The van der Waals surface area contributed by atoms with Gasteiger partial charge in [0.25, 0.3) is 11.8 Å². The SMILES string of the molecule is CC(C)(C)OC(=O)N1[C@@H](/C=C(/F)CCCN2C(=O)c3ccccc3C2=O)COC1(C)C. The molecule has 2 heterocycles. The van der Waals surface area contributed by atoms with Crippen molar-refractivity contribution in [3.05, 3.63) is 47.3 Å². The van der Waals surface area contributed by atoms with E-state index in [1.807, 2.05) is 0 Å². The number of imide groups is 1. The molecule has 0 aromatic heterocycles. The number of halogens is 1. The quantitative estimate of drug-likeness (QED) is 0.649. The molecule has 2 aliphatic rings. The lowest BCUT2D eigenvalue weighted by molar-refractivity contribution is -0.0611. The third kappa shape index (κ3) is 4.95. The number of ether oxygens (including phenoxy) is 2. The number of amides is 3. The normalized spacial score (nSPS) is 21.0. The van der Waals surface area contributed by atoms with E-state index in [9.17, 15) is 18.8 Å². The van der Waals surface area contributed by atoms with E-state index in [0.717, 1.165) is 4.90 Å². The van der Waals surface area contributed by atoms with Crippen LogP contribution < -0.4 is 0 Å². The molecule has 3 amide bonds. The number of hydrogen-bond donors (Lipinski definition) is 0. The predicted octanol–water partition coefficient (Wildman–Crippen LogP) is 4.29. The molecule has 168 valence electrons. The third-order valence-electron chi connectivity index (χ3n) is 5.16. The van der Waals surface area contributed by atoms with Crippen LogP contribution in [0.25, 0.3) is 0 Å². The molecule has 0 bridgehead atoms. The Morgan fingerprint density at radius 3 is 2.35 bits per heavy atom. The molecule has 1 saturated heterocycles. The van der Waals surface area contributed by atoms with E-state index in [4.69, 9.17) is 9.47 Å². The zero-order chi connectivity index (χ0) is 23.0. The highest BCUT2D eigenvalue weighted by Gasteiger charge is 2.45. The Morgan fingerprint density at radius 1 is 1.23 bits per heavy atom. The van der Waals surface area contributed by atoms with Crippen molar-refractivity contribution < 1.29 is 28.2 Å². The average molecular weight is 432 g/mol. The molecule has 3 rings (SSSR count). The van der Waals surface area contributed by atoms with Gasteiger partial charge in [-0.15, -0.1) is 0 Å². The number of fused-ring (bicyclic) bond motifs is 1. The van der Waals surface area contributed by atoms with Crippen molar-refractivity contribution in [3.63, 3.8) is 0 Å². The van der Waals surface area contributed by atoms with Crippen molar-refractivity contribution in [1.29, 1.82) is 0 Å². The molecule has 1 fully saturated rings. The van der Waals surface area contributed by atoms with Crippen LogP contribution in [0, 0.1) is 0 Å². The number of carbonyl (C=O) groups excluding carboxylic acids is 3. The standard InChI is InChI=1S/C23H29FN2O5/c1-22(2,3)31-21(29)26-16(14-30-23(26,4)5)13-15(24)9-8-12-25-19(27)17-10-6-7-11-18(17)20(25)28/h6-7,10-11,13,16H,8-9,12,14H2,1-5H3/b15-13+/t16-/m0/s1. The topological polar surface area (TPSA) is 76.2 Å². The van der Waals surface area contributed by atoms with Crippen LogP contribution in [0.2, 0.25) is 0 Å². The molecular weight excluding hydrogens is 403 g/mol. The summed E-state index contributed by atoms with van der Waals surface area (Å²) in [5.74, 6) is -1.14. The number of rotatable bonds is 5. The minimum absolute atomic E-state index is 0.0342. The summed E-state index contributed by atoms with van der Waals surface area (Å²) in [4.78, 5) is 39.9. The van der Waals surface area contributed by atoms with Crippen molar-refractivity contribution in [2.45, 2.75) is 64.8 Å². The molecule has 1 atom stereocenters. The second-order valence-corrected chi connectivity index (χ2v) is 9.20. The van der Waals surface area contributed by atoms with Gasteiger partial charge in [-0.3, -0.25) is 19.4 Å². The molecule has 0 unspecified atom stereocenters. The lowest BCUT2D eigenvalue weighted by Crippen LogP contribution is -2.49. The fraction of sp³-hybridized carbons (Fsp3) is 0.522. The molecular formula is C23H29FN2O5. The lowest BCUT2D eigenvalue weighted by Gasteiger charge is -2.34. The fourth-order valence-electron chi connectivity index (χ4n) is 3.76. The summed E-state index contributed by atoms with van der Waals surface area (Å²) in [7, 11) is 0. The van der Waals surface area contributed by atoms with E-state index in [-0.39, 0.29) is 37.8 Å². The van der Waals surface area contributed by atoms with E-state index in [1.165, 1.54) is 11.0 Å². The maximum Gasteiger partial charge on any atom is 0.413 e. The van der Waals surface area contributed by atoms with Crippen LogP contribution in [0.5, 0.6) is 0 Å². The molecule has 0 aliphatic carbocycles. The summed E-state index contributed by atoms with van der Waals surface area (Å²) in [5.41, 5.74) is -0.859. The summed E-state index contributed by atoms with van der Waals surface area (Å²) in [5, 5.41) is 0. The Bertz CT molecular complexity index is 884. The van der Waals surface area contributed by atoms with Crippen LogP contribution in [0.4, 0.5) is 9.18 Å².